The summed E-state index contributed by atoms with van der Waals surface area (Å²) in [6.45, 7) is 4.54. The van der Waals surface area contributed by atoms with Gasteiger partial charge in [0.05, 0.1) is 11.6 Å². The molecule has 0 aliphatic carbocycles. The van der Waals surface area contributed by atoms with Crippen molar-refractivity contribution in [3.8, 4) is 51.4 Å². The monoisotopic (exact) mass is 658 g/mol. The molecule has 0 amide bonds. The van der Waals surface area contributed by atoms with Crippen LogP contribution in [-0.4, -0.2) is 15.0 Å². The number of fused-ring (bicyclic) bond motifs is 5. The lowest BCUT2D eigenvalue weighted by Crippen LogP contribution is -2.23. The fraction of sp³-hybridized carbons (Fsp3) is 0.0667. The smallest absolute Gasteiger partial charge is 0.164 e. The van der Waals surface area contributed by atoms with Crippen LogP contribution in [0.15, 0.2) is 155 Å². The first-order chi connectivity index (χ1) is 24.4. The van der Waals surface area contributed by atoms with Gasteiger partial charge in [0.25, 0.3) is 0 Å². The van der Waals surface area contributed by atoms with E-state index >= 15 is 0 Å². The minimum Gasteiger partial charge on any atom is -0.208 e. The van der Waals surface area contributed by atoms with Crippen molar-refractivity contribution in [3.05, 3.63) is 162 Å². The first-order valence-electron chi connectivity index (χ1n) is 16.7. The van der Waals surface area contributed by atoms with Crippen LogP contribution in [0.3, 0.4) is 0 Å². The molecule has 1 aromatic heterocycles. The molecule has 0 spiro atoms. The molecule has 0 unspecified atom stereocenters. The highest BCUT2D eigenvalue weighted by atomic mass is 32.2. The van der Waals surface area contributed by atoms with Gasteiger partial charge in [-0.15, -0.1) is 0 Å². The summed E-state index contributed by atoms with van der Waals surface area (Å²) in [6, 6.07) is 52.9. The molecule has 0 saturated carbocycles. The van der Waals surface area contributed by atoms with Crippen LogP contribution in [0, 0.1) is 11.3 Å². The van der Waals surface area contributed by atoms with E-state index in [1.165, 1.54) is 32.2 Å². The molecule has 4 nitrogen and oxygen atoms in total. The van der Waals surface area contributed by atoms with Gasteiger partial charge in [-0.3, -0.25) is 0 Å². The molecule has 0 bridgehead atoms. The number of nitriles is 1. The maximum atomic E-state index is 9.44. The van der Waals surface area contributed by atoms with Gasteiger partial charge in [0.2, 0.25) is 0 Å². The normalized spacial score (nSPS) is 13.1. The molecule has 50 heavy (non-hydrogen) atoms. The quantitative estimate of drug-likeness (QED) is 0.176. The average Bonchev–Trinajstić information content (AvgIpc) is 3.17. The van der Waals surface area contributed by atoms with Crippen molar-refractivity contribution in [2.24, 2.45) is 0 Å². The molecule has 0 radical (unpaired) electrons. The van der Waals surface area contributed by atoms with Gasteiger partial charge in [-0.25, -0.2) is 15.0 Å². The zero-order valence-corrected chi connectivity index (χ0v) is 28.4. The van der Waals surface area contributed by atoms with Crippen LogP contribution in [0.2, 0.25) is 0 Å². The van der Waals surface area contributed by atoms with Crippen molar-refractivity contribution in [2.75, 3.05) is 0 Å². The lowest BCUT2D eigenvalue weighted by molar-refractivity contribution is 0.607. The van der Waals surface area contributed by atoms with E-state index < -0.39 is 0 Å². The molecule has 0 N–H and O–H groups in total. The van der Waals surface area contributed by atoms with Gasteiger partial charge in [-0.05, 0) is 74.1 Å². The molecular formula is C45H30N4S. The molecule has 0 atom stereocenters. The van der Waals surface area contributed by atoms with E-state index in [0.717, 1.165) is 38.1 Å². The van der Waals surface area contributed by atoms with Gasteiger partial charge in [0.1, 0.15) is 0 Å². The number of benzene rings is 7. The highest BCUT2D eigenvalue weighted by Crippen LogP contribution is 2.50. The van der Waals surface area contributed by atoms with Crippen molar-refractivity contribution >= 4 is 33.3 Å². The SMILES string of the molecule is CC1(C)c2ccc(C#N)cc2Sc2ccc(-c3ccc(-c4nc(-c5ccccc5)nc(-c5ccc6c(ccc7ccccc76)c5)n4)cc3)cc21. The molecule has 9 rings (SSSR count). The van der Waals surface area contributed by atoms with Crippen LogP contribution in [-0.2, 0) is 5.41 Å². The third-order valence-electron chi connectivity index (χ3n) is 9.80. The number of nitrogens with zero attached hydrogens (tertiary/aromatic N) is 4. The lowest BCUT2D eigenvalue weighted by atomic mass is 9.76. The Morgan fingerprint density at radius 2 is 1.10 bits per heavy atom. The van der Waals surface area contributed by atoms with Crippen molar-refractivity contribution in [1.29, 1.82) is 5.26 Å². The standard InChI is InChI=1S/C45H30N4S/c1-45(2)38-22-12-28(27-46)24-41(38)50-40-23-20-33(26-39(40)45)29-13-16-32(17-14-29)43-47-42(31-9-4-3-5-10-31)48-44(49-43)35-19-21-37-34(25-35)18-15-30-8-6-7-11-36(30)37/h3-26H,1-2H3. The Hall–Kier alpha value is -6.09. The van der Waals surface area contributed by atoms with E-state index in [1.54, 1.807) is 11.8 Å². The zero-order chi connectivity index (χ0) is 33.8. The number of aromatic nitrogens is 3. The van der Waals surface area contributed by atoms with Crippen molar-refractivity contribution in [3.63, 3.8) is 0 Å². The second-order valence-corrected chi connectivity index (χ2v) is 14.3. The van der Waals surface area contributed by atoms with Crippen LogP contribution in [0.25, 0.3) is 66.8 Å². The predicted molar refractivity (Wildman–Crippen MR) is 204 cm³/mol. The first kappa shape index (κ1) is 30.0. The van der Waals surface area contributed by atoms with E-state index in [9.17, 15) is 5.26 Å². The minimum absolute atomic E-state index is 0.190. The second-order valence-electron chi connectivity index (χ2n) is 13.2. The van der Waals surface area contributed by atoms with E-state index in [-0.39, 0.29) is 5.41 Å². The van der Waals surface area contributed by atoms with Crippen LogP contribution in [0.5, 0.6) is 0 Å². The van der Waals surface area contributed by atoms with E-state index in [1.807, 2.05) is 42.5 Å². The third kappa shape index (κ3) is 5.13. The fourth-order valence-electron chi connectivity index (χ4n) is 7.06. The summed E-state index contributed by atoms with van der Waals surface area (Å²) < 4.78 is 0. The Balaban J connectivity index is 1.09. The Labute approximate surface area is 295 Å². The van der Waals surface area contributed by atoms with E-state index in [4.69, 9.17) is 15.0 Å². The summed E-state index contributed by atoms with van der Waals surface area (Å²) in [6.07, 6.45) is 0. The molecule has 7 aromatic carbocycles. The van der Waals surface area contributed by atoms with E-state index in [0.29, 0.717) is 23.0 Å². The van der Waals surface area contributed by atoms with Crippen molar-refractivity contribution < 1.29 is 0 Å². The van der Waals surface area contributed by atoms with Gasteiger partial charge in [0.15, 0.2) is 17.5 Å². The van der Waals surface area contributed by atoms with Crippen LogP contribution < -0.4 is 0 Å². The number of hydrogen-bond acceptors (Lipinski definition) is 5. The summed E-state index contributed by atoms with van der Waals surface area (Å²) >= 11 is 1.74. The summed E-state index contributed by atoms with van der Waals surface area (Å²) in [5.74, 6) is 1.92. The fourth-order valence-corrected chi connectivity index (χ4v) is 8.47. The van der Waals surface area contributed by atoms with Gasteiger partial charge < -0.3 is 0 Å². The summed E-state index contributed by atoms with van der Waals surface area (Å²) in [5, 5.41) is 14.3. The molecule has 8 aromatic rings. The lowest BCUT2D eigenvalue weighted by Gasteiger charge is -2.35. The van der Waals surface area contributed by atoms with Crippen molar-refractivity contribution in [2.45, 2.75) is 29.1 Å². The van der Waals surface area contributed by atoms with E-state index in [2.05, 4.69) is 123 Å². The Morgan fingerprint density at radius 1 is 0.480 bits per heavy atom. The third-order valence-corrected chi connectivity index (χ3v) is 10.9. The molecular weight excluding hydrogens is 629 g/mol. The maximum Gasteiger partial charge on any atom is 0.164 e. The van der Waals surface area contributed by atoms with Gasteiger partial charge in [-0.2, -0.15) is 5.26 Å². The molecule has 236 valence electrons. The number of hydrogen-bond donors (Lipinski definition) is 0. The molecule has 2 heterocycles. The molecule has 1 aliphatic rings. The average molecular weight is 659 g/mol. The number of rotatable bonds is 4. The highest BCUT2D eigenvalue weighted by Gasteiger charge is 2.33. The summed E-state index contributed by atoms with van der Waals surface area (Å²) in [7, 11) is 0. The van der Waals surface area contributed by atoms with Gasteiger partial charge in [-0.1, -0.05) is 141 Å². The molecule has 0 fully saturated rings. The van der Waals surface area contributed by atoms with Crippen LogP contribution >= 0.6 is 11.8 Å². The summed E-state index contributed by atoms with van der Waals surface area (Å²) in [5.41, 5.74) is 8.15. The van der Waals surface area contributed by atoms with Gasteiger partial charge in [0, 0.05) is 31.9 Å². The highest BCUT2D eigenvalue weighted by molar-refractivity contribution is 7.99. The molecule has 1 aliphatic heterocycles. The zero-order valence-electron chi connectivity index (χ0n) is 27.6. The second kappa shape index (κ2) is 11.8. The van der Waals surface area contributed by atoms with Crippen LogP contribution in [0.4, 0.5) is 0 Å². The molecule has 5 heteroatoms. The minimum atomic E-state index is -0.190. The molecule has 0 saturated heterocycles. The Kier molecular flexibility index (Phi) is 7.08. The van der Waals surface area contributed by atoms with Crippen molar-refractivity contribution in [1.82, 2.24) is 15.0 Å². The summed E-state index contributed by atoms with van der Waals surface area (Å²) in [4.78, 5) is 17.4. The van der Waals surface area contributed by atoms with Crippen LogP contribution in [0.1, 0.15) is 30.5 Å². The Bertz CT molecular complexity index is 2660. The first-order valence-corrected chi connectivity index (χ1v) is 17.5. The maximum absolute atomic E-state index is 9.44. The Morgan fingerprint density at radius 3 is 1.88 bits per heavy atom. The van der Waals surface area contributed by atoms with Gasteiger partial charge >= 0.3 is 0 Å². The largest absolute Gasteiger partial charge is 0.208 e. The topological polar surface area (TPSA) is 62.5 Å². The predicted octanol–water partition coefficient (Wildman–Crippen LogP) is 11.5.